The second kappa shape index (κ2) is 8.61. The van der Waals surface area contributed by atoms with Crippen molar-refractivity contribution in [2.75, 3.05) is 0 Å². The Bertz CT molecular complexity index is 382. The first kappa shape index (κ1) is 19.4. The van der Waals surface area contributed by atoms with Gasteiger partial charge in [0.25, 0.3) is 0 Å². The molecule has 0 aromatic rings. The van der Waals surface area contributed by atoms with Gasteiger partial charge in [0.2, 0.25) is 11.8 Å². The van der Waals surface area contributed by atoms with Crippen LogP contribution in [0, 0.1) is 11.8 Å². The van der Waals surface area contributed by atoms with Crippen LogP contribution in [-0.4, -0.2) is 41.0 Å². The summed E-state index contributed by atoms with van der Waals surface area (Å²) in [4.78, 5) is 35.1. The molecule has 0 heterocycles. The van der Waals surface area contributed by atoms with Crippen molar-refractivity contribution in [1.82, 2.24) is 10.6 Å². The van der Waals surface area contributed by atoms with Gasteiger partial charge in [0, 0.05) is 0 Å². The second-order valence-corrected chi connectivity index (χ2v) is 5.73. The van der Waals surface area contributed by atoms with Crippen molar-refractivity contribution in [2.45, 2.75) is 59.2 Å². The summed E-state index contributed by atoms with van der Waals surface area (Å²) < 4.78 is 0. The monoisotopic (exact) mass is 301 g/mol. The molecule has 0 aromatic carbocycles. The first-order chi connectivity index (χ1) is 9.61. The molecule has 0 saturated heterocycles. The number of nitrogens with two attached hydrogens (primary N) is 1. The van der Waals surface area contributed by atoms with Gasteiger partial charge in [-0.15, -0.1) is 0 Å². The van der Waals surface area contributed by atoms with E-state index in [9.17, 15) is 19.5 Å². The molecule has 0 fully saturated rings. The number of hydrogen-bond acceptors (Lipinski definition) is 4. The van der Waals surface area contributed by atoms with E-state index in [-0.39, 0.29) is 11.8 Å². The fourth-order valence-electron chi connectivity index (χ4n) is 1.75. The summed E-state index contributed by atoms with van der Waals surface area (Å²) in [5, 5.41) is 14.2. The number of carbonyl (C=O) groups is 3. The van der Waals surface area contributed by atoms with Crippen molar-refractivity contribution >= 4 is 17.8 Å². The number of rotatable bonds is 8. The van der Waals surface area contributed by atoms with E-state index in [1.54, 1.807) is 20.8 Å². The molecule has 5 N–H and O–H groups in total. The van der Waals surface area contributed by atoms with Crippen molar-refractivity contribution in [1.29, 1.82) is 0 Å². The zero-order valence-electron chi connectivity index (χ0n) is 13.3. The molecule has 7 nitrogen and oxygen atoms in total. The summed E-state index contributed by atoms with van der Waals surface area (Å²) in [6.07, 6.45) is 0.621. The van der Waals surface area contributed by atoms with Crippen LogP contribution in [0.1, 0.15) is 41.0 Å². The van der Waals surface area contributed by atoms with E-state index in [0.717, 1.165) is 0 Å². The SMILES string of the molecule is CCC(C)C(NC(=O)C(NC(=O)C(C)N)C(C)C)C(=O)O. The molecule has 0 bridgehead atoms. The average Bonchev–Trinajstić information content (AvgIpc) is 2.39. The zero-order valence-corrected chi connectivity index (χ0v) is 13.3. The number of hydrogen-bond donors (Lipinski definition) is 4. The lowest BCUT2D eigenvalue weighted by Gasteiger charge is -2.26. The summed E-state index contributed by atoms with van der Waals surface area (Å²) >= 11 is 0. The maximum Gasteiger partial charge on any atom is 0.326 e. The highest BCUT2D eigenvalue weighted by Gasteiger charge is 2.31. The number of carboxylic acid groups (broad SMARTS) is 1. The molecule has 0 rings (SSSR count). The van der Waals surface area contributed by atoms with Crippen molar-refractivity contribution in [3.8, 4) is 0 Å². The standard InChI is InChI=1S/C14H27N3O4/c1-6-8(4)11(14(20)21)17-13(19)10(7(2)3)16-12(18)9(5)15/h7-11H,6,15H2,1-5H3,(H,16,18)(H,17,19)(H,20,21). The quantitative estimate of drug-likeness (QED) is 0.506. The number of aliphatic carboxylic acids is 1. The largest absolute Gasteiger partial charge is 0.480 e. The lowest BCUT2D eigenvalue weighted by molar-refractivity contribution is -0.144. The topological polar surface area (TPSA) is 122 Å². The predicted molar refractivity (Wildman–Crippen MR) is 79.4 cm³/mol. The molecule has 0 aromatic heterocycles. The average molecular weight is 301 g/mol. The normalized spacial score (nSPS) is 16.7. The predicted octanol–water partition coefficient (Wildman–Crippen LogP) is 0.0899. The highest BCUT2D eigenvalue weighted by Crippen LogP contribution is 2.10. The van der Waals surface area contributed by atoms with Gasteiger partial charge in [0.05, 0.1) is 6.04 Å². The van der Waals surface area contributed by atoms with Gasteiger partial charge >= 0.3 is 5.97 Å². The van der Waals surface area contributed by atoms with Crippen LogP contribution >= 0.6 is 0 Å². The van der Waals surface area contributed by atoms with Crippen LogP contribution < -0.4 is 16.4 Å². The van der Waals surface area contributed by atoms with Gasteiger partial charge in [0.15, 0.2) is 0 Å². The summed E-state index contributed by atoms with van der Waals surface area (Å²) in [7, 11) is 0. The third-order valence-electron chi connectivity index (χ3n) is 3.44. The van der Waals surface area contributed by atoms with E-state index in [2.05, 4.69) is 10.6 Å². The van der Waals surface area contributed by atoms with Gasteiger partial charge in [0.1, 0.15) is 12.1 Å². The molecular formula is C14H27N3O4. The third-order valence-corrected chi connectivity index (χ3v) is 3.44. The van der Waals surface area contributed by atoms with Gasteiger partial charge in [-0.05, 0) is 18.8 Å². The van der Waals surface area contributed by atoms with E-state index in [4.69, 9.17) is 5.73 Å². The van der Waals surface area contributed by atoms with Gasteiger partial charge < -0.3 is 21.5 Å². The maximum atomic E-state index is 12.2. The Labute approximate surface area is 125 Å². The summed E-state index contributed by atoms with van der Waals surface area (Å²) in [6.45, 7) is 8.66. The van der Waals surface area contributed by atoms with E-state index in [1.807, 2.05) is 6.92 Å². The lowest BCUT2D eigenvalue weighted by atomic mass is 9.97. The van der Waals surface area contributed by atoms with E-state index < -0.39 is 35.9 Å². The second-order valence-electron chi connectivity index (χ2n) is 5.73. The molecule has 0 aliphatic rings. The Kier molecular flexibility index (Phi) is 7.94. The van der Waals surface area contributed by atoms with Crippen LogP contribution in [0.4, 0.5) is 0 Å². The van der Waals surface area contributed by atoms with Gasteiger partial charge in [-0.1, -0.05) is 34.1 Å². The molecule has 0 spiro atoms. The van der Waals surface area contributed by atoms with Crippen molar-refractivity contribution in [3.63, 3.8) is 0 Å². The van der Waals surface area contributed by atoms with Crippen LogP contribution in [0.3, 0.4) is 0 Å². The highest BCUT2D eigenvalue weighted by atomic mass is 16.4. The number of nitrogens with one attached hydrogen (secondary N) is 2. The molecule has 0 saturated carbocycles. The van der Waals surface area contributed by atoms with E-state index >= 15 is 0 Å². The Morgan fingerprint density at radius 2 is 1.48 bits per heavy atom. The van der Waals surface area contributed by atoms with Crippen LogP contribution in [0.25, 0.3) is 0 Å². The Morgan fingerprint density at radius 3 is 1.81 bits per heavy atom. The van der Waals surface area contributed by atoms with Crippen molar-refractivity contribution < 1.29 is 19.5 Å². The zero-order chi connectivity index (χ0) is 16.7. The van der Waals surface area contributed by atoms with Crippen molar-refractivity contribution in [2.24, 2.45) is 17.6 Å². The van der Waals surface area contributed by atoms with E-state index in [1.165, 1.54) is 6.92 Å². The Morgan fingerprint density at radius 1 is 1.00 bits per heavy atom. The molecule has 0 aliphatic heterocycles. The number of carbonyl (C=O) groups excluding carboxylic acids is 2. The van der Waals surface area contributed by atoms with Gasteiger partial charge in [-0.25, -0.2) is 4.79 Å². The molecule has 7 heteroatoms. The van der Waals surface area contributed by atoms with Crippen LogP contribution in [-0.2, 0) is 14.4 Å². The summed E-state index contributed by atoms with van der Waals surface area (Å²) in [6, 6.07) is -2.52. The molecule has 0 aliphatic carbocycles. The molecule has 4 unspecified atom stereocenters. The van der Waals surface area contributed by atoms with Crippen LogP contribution in [0.5, 0.6) is 0 Å². The third kappa shape index (κ3) is 6.12. The van der Waals surface area contributed by atoms with Gasteiger partial charge in [-0.3, -0.25) is 9.59 Å². The van der Waals surface area contributed by atoms with E-state index in [0.29, 0.717) is 6.42 Å². The molecule has 0 radical (unpaired) electrons. The fraction of sp³-hybridized carbons (Fsp3) is 0.786. The van der Waals surface area contributed by atoms with Gasteiger partial charge in [-0.2, -0.15) is 0 Å². The highest BCUT2D eigenvalue weighted by molar-refractivity contribution is 5.91. The minimum Gasteiger partial charge on any atom is -0.480 e. The van der Waals surface area contributed by atoms with Crippen molar-refractivity contribution in [3.05, 3.63) is 0 Å². The molecular weight excluding hydrogens is 274 g/mol. The fourth-order valence-corrected chi connectivity index (χ4v) is 1.75. The number of amides is 2. The molecule has 122 valence electrons. The van der Waals surface area contributed by atoms with Crippen LogP contribution in [0.2, 0.25) is 0 Å². The summed E-state index contributed by atoms with van der Waals surface area (Å²) in [5.41, 5.74) is 5.47. The maximum absolute atomic E-state index is 12.2. The summed E-state index contributed by atoms with van der Waals surface area (Å²) in [5.74, 6) is -2.42. The Balaban J connectivity index is 4.97. The first-order valence-corrected chi connectivity index (χ1v) is 7.20. The molecule has 4 atom stereocenters. The number of carboxylic acids is 1. The van der Waals surface area contributed by atoms with Crippen LogP contribution in [0.15, 0.2) is 0 Å². The first-order valence-electron chi connectivity index (χ1n) is 7.20. The lowest BCUT2D eigenvalue weighted by Crippen LogP contribution is -2.57. The molecule has 21 heavy (non-hydrogen) atoms. The minimum absolute atomic E-state index is 0.181. The Hall–Kier alpha value is -1.63. The smallest absolute Gasteiger partial charge is 0.326 e. The molecule has 2 amide bonds. The minimum atomic E-state index is -1.08.